The first-order chi connectivity index (χ1) is 11.5. The maximum Gasteiger partial charge on any atom is 0.306 e. The smallest absolute Gasteiger partial charge is 0.306 e. The van der Waals surface area contributed by atoms with Gasteiger partial charge in [-0.1, -0.05) is 29.8 Å². The number of nitrogens with zero attached hydrogens (tertiary/aromatic N) is 1. The van der Waals surface area contributed by atoms with Gasteiger partial charge in [0.2, 0.25) is 5.91 Å². The number of carboxylic acid groups (broad SMARTS) is 1. The quantitative estimate of drug-likeness (QED) is 0.874. The predicted molar refractivity (Wildman–Crippen MR) is 92.9 cm³/mol. The Morgan fingerprint density at radius 2 is 2.04 bits per heavy atom. The van der Waals surface area contributed by atoms with Gasteiger partial charge in [0.15, 0.2) is 0 Å². The largest absolute Gasteiger partial charge is 0.481 e. The molecule has 2 aromatic rings. The number of thiazole rings is 1. The van der Waals surface area contributed by atoms with Crippen molar-refractivity contribution in [2.75, 3.05) is 0 Å². The van der Waals surface area contributed by atoms with E-state index in [0.717, 1.165) is 22.7 Å². The third-order valence-corrected chi connectivity index (χ3v) is 5.28. The van der Waals surface area contributed by atoms with Gasteiger partial charge in [0.25, 0.3) is 0 Å². The molecule has 0 saturated heterocycles. The van der Waals surface area contributed by atoms with E-state index in [2.05, 4.69) is 10.3 Å². The topological polar surface area (TPSA) is 79.3 Å². The van der Waals surface area contributed by atoms with E-state index in [1.165, 1.54) is 16.9 Å². The lowest BCUT2D eigenvalue weighted by molar-refractivity contribution is -0.141. The second kappa shape index (κ2) is 7.13. The van der Waals surface area contributed by atoms with Gasteiger partial charge in [0.1, 0.15) is 5.01 Å². The Morgan fingerprint density at radius 3 is 2.71 bits per heavy atom. The molecule has 0 aliphatic heterocycles. The lowest BCUT2D eigenvalue weighted by Crippen LogP contribution is -2.34. The number of carboxylic acids is 1. The van der Waals surface area contributed by atoms with Gasteiger partial charge in [-0.05, 0) is 26.2 Å². The van der Waals surface area contributed by atoms with E-state index in [4.69, 9.17) is 5.11 Å². The van der Waals surface area contributed by atoms with E-state index in [1.54, 1.807) is 0 Å². The summed E-state index contributed by atoms with van der Waals surface area (Å²) in [6, 6.07) is 8.11. The minimum atomic E-state index is -0.769. The average Bonchev–Trinajstić information content (AvgIpc) is 3.17. The van der Waals surface area contributed by atoms with E-state index in [-0.39, 0.29) is 24.3 Å². The van der Waals surface area contributed by atoms with Crippen molar-refractivity contribution in [1.82, 2.24) is 10.3 Å². The Bertz CT molecular complexity index is 739. The second-order valence-corrected chi connectivity index (χ2v) is 7.16. The first-order valence-corrected chi connectivity index (χ1v) is 8.93. The highest BCUT2D eigenvalue weighted by Gasteiger charge is 2.30. The molecule has 0 radical (unpaired) electrons. The van der Waals surface area contributed by atoms with E-state index in [9.17, 15) is 9.59 Å². The first-order valence-electron chi connectivity index (χ1n) is 8.05. The van der Waals surface area contributed by atoms with Crippen LogP contribution >= 0.6 is 11.3 Å². The van der Waals surface area contributed by atoms with Crippen LogP contribution in [0.5, 0.6) is 0 Å². The summed E-state index contributed by atoms with van der Waals surface area (Å²) in [6.45, 7) is 2.04. The van der Waals surface area contributed by atoms with Crippen molar-refractivity contribution in [3.63, 3.8) is 0 Å². The van der Waals surface area contributed by atoms with Crippen molar-refractivity contribution in [3.8, 4) is 10.6 Å². The minimum absolute atomic E-state index is 0.0335. The van der Waals surface area contributed by atoms with E-state index < -0.39 is 5.97 Å². The Hall–Kier alpha value is -2.21. The fourth-order valence-electron chi connectivity index (χ4n) is 3.00. The summed E-state index contributed by atoms with van der Waals surface area (Å²) in [7, 11) is 0. The Morgan fingerprint density at radius 1 is 1.29 bits per heavy atom. The van der Waals surface area contributed by atoms with Crippen LogP contribution in [0.2, 0.25) is 0 Å². The molecular formula is C18H20N2O3S. The molecule has 2 atom stereocenters. The molecule has 0 unspecified atom stereocenters. The highest BCUT2D eigenvalue weighted by Crippen LogP contribution is 2.26. The normalized spacial score (nSPS) is 20.0. The Kier molecular flexibility index (Phi) is 4.94. The van der Waals surface area contributed by atoms with Crippen LogP contribution in [0.3, 0.4) is 0 Å². The number of rotatable bonds is 5. The number of carbonyl (C=O) groups excluding carboxylic acids is 1. The average molecular weight is 344 g/mol. The lowest BCUT2D eigenvalue weighted by atomic mass is 10.1. The van der Waals surface area contributed by atoms with Gasteiger partial charge in [-0.25, -0.2) is 4.98 Å². The SMILES string of the molecule is Cc1ccc(-c2nc(CC(=O)N[C@@H]3CC[C@H](C(=O)O)C3)cs2)cc1. The zero-order valence-electron chi connectivity index (χ0n) is 13.5. The molecule has 0 bridgehead atoms. The molecule has 1 saturated carbocycles. The van der Waals surface area contributed by atoms with Crippen molar-refractivity contribution in [3.05, 3.63) is 40.9 Å². The summed E-state index contributed by atoms with van der Waals surface area (Å²) >= 11 is 1.53. The summed E-state index contributed by atoms with van der Waals surface area (Å²) in [5, 5.41) is 14.8. The maximum atomic E-state index is 12.1. The van der Waals surface area contributed by atoms with Crippen LogP contribution < -0.4 is 5.32 Å². The van der Waals surface area contributed by atoms with Gasteiger partial charge < -0.3 is 10.4 Å². The standard InChI is InChI=1S/C18H20N2O3S/c1-11-2-4-12(5-3-11)17-20-15(10-24-17)9-16(21)19-14-7-6-13(8-14)18(22)23/h2-5,10,13-14H,6-9H2,1H3,(H,19,21)(H,22,23)/t13-,14+/m0/s1. The van der Waals surface area contributed by atoms with Crippen molar-refractivity contribution >= 4 is 23.2 Å². The number of nitrogens with one attached hydrogen (secondary N) is 1. The molecule has 24 heavy (non-hydrogen) atoms. The van der Waals surface area contributed by atoms with E-state index >= 15 is 0 Å². The molecule has 3 rings (SSSR count). The van der Waals surface area contributed by atoms with Gasteiger partial charge in [0.05, 0.1) is 18.0 Å². The number of carbonyl (C=O) groups is 2. The highest BCUT2D eigenvalue weighted by atomic mass is 32.1. The van der Waals surface area contributed by atoms with Crippen LogP contribution in [0.1, 0.15) is 30.5 Å². The predicted octanol–water partition coefficient (Wildman–Crippen LogP) is 3.03. The molecule has 1 aromatic heterocycles. The summed E-state index contributed by atoms with van der Waals surface area (Å²) in [5.41, 5.74) is 3.00. The van der Waals surface area contributed by atoms with E-state index in [0.29, 0.717) is 12.8 Å². The number of aryl methyl sites for hydroxylation is 1. The minimum Gasteiger partial charge on any atom is -0.481 e. The van der Waals surface area contributed by atoms with Crippen LogP contribution in [0.4, 0.5) is 0 Å². The van der Waals surface area contributed by atoms with Crippen LogP contribution in [0.25, 0.3) is 10.6 Å². The number of hydrogen-bond donors (Lipinski definition) is 2. The molecule has 6 heteroatoms. The zero-order valence-corrected chi connectivity index (χ0v) is 14.3. The second-order valence-electron chi connectivity index (χ2n) is 6.30. The molecule has 1 aromatic carbocycles. The number of aromatic nitrogens is 1. The fraction of sp³-hybridized carbons (Fsp3) is 0.389. The number of aliphatic carboxylic acids is 1. The van der Waals surface area contributed by atoms with Gasteiger partial charge in [-0.15, -0.1) is 11.3 Å². The van der Waals surface area contributed by atoms with Crippen molar-refractivity contribution in [2.24, 2.45) is 5.92 Å². The van der Waals surface area contributed by atoms with Crippen molar-refractivity contribution < 1.29 is 14.7 Å². The third-order valence-electron chi connectivity index (χ3n) is 4.34. The van der Waals surface area contributed by atoms with Crippen molar-refractivity contribution in [2.45, 2.75) is 38.6 Å². The summed E-state index contributed by atoms with van der Waals surface area (Å²) in [4.78, 5) is 27.6. The molecule has 5 nitrogen and oxygen atoms in total. The monoisotopic (exact) mass is 344 g/mol. The third kappa shape index (κ3) is 4.00. The lowest BCUT2D eigenvalue weighted by Gasteiger charge is -2.11. The van der Waals surface area contributed by atoms with Crippen LogP contribution in [-0.4, -0.2) is 28.0 Å². The van der Waals surface area contributed by atoms with E-state index in [1.807, 2.05) is 36.6 Å². The molecule has 1 fully saturated rings. The molecule has 1 aliphatic rings. The van der Waals surface area contributed by atoms with Crippen molar-refractivity contribution in [1.29, 1.82) is 0 Å². The Balaban J connectivity index is 1.56. The van der Waals surface area contributed by atoms with Crippen LogP contribution in [0, 0.1) is 12.8 Å². The summed E-state index contributed by atoms with van der Waals surface area (Å²) in [5.74, 6) is -1.19. The molecule has 1 heterocycles. The number of hydrogen-bond acceptors (Lipinski definition) is 4. The number of benzene rings is 1. The molecule has 0 spiro atoms. The number of amides is 1. The molecular weight excluding hydrogens is 324 g/mol. The maximum absolute atomic E-state index is 12.1. The Labute approximate surface area is 144 Å². The molecule has 1 amide bonds. The first kappa shape index (κ1) is 16.6. The van der Waals surface area contributed by atoms with Crippen LogP contribution in [0.15, 0.2) is 29.6 Å². The summed E-state index contributed by atoms with van der Waals surface area (Å²) in [6.07, 6.45) is 2.12. The van der Waals surface area contributed by atoms with Gasteiger partial charge in [-0.3, -0.25) is 9.59 Å². The molecule has 2 N–H and O–H groups in total. The zero-order chi connectivity index (χ0) is 17.1. The van der Waals surface area contributed by atoms with Crippen LogP contribution in [-0.2, 0) is 16.0 Å². The van der Waals surface area contributed by atoms with Gasteiger partial charge in [0, 0.05) is 17.0 Å². The van der Waals surface area contributed by atoms with Gasteiger partial charge >= 0.3 is 5.97 Å². The molecule has 1 aliphatic carbocycles. The fourth-order valence-corrected chi connectivity index (χ4v) is 3.82. The van der Waals surface area contributed by atoms with Gasteiger partial charge in [-0.2, -0.15) is 0 Å². The highest BCUT2D eigenvalue weighted by molar-refractivity contribution is 7.13. The summed E-state index contributed by atoms with van der Waals surface area (Å²) < 4.78 is 0. The molecule has 126 valence electrons.